The third-order valence-corrected chi connectivity index (χ3v) is 3.56. The fourth-order valence-electron chi connectivity index (χ4n) is 1.59. The molecule has 14 heavy (non-hydrogen) atoms. The lowest BCUT2D eigenvalue weighted by Crippen LogP contribution is -2.58. The van der Waals surface area contributed by atoms with E-state index < -0.39 is 5.54 Å². The summed E-state index contributed by atoms with van der Waals surface area (Å²) in [7, 11) is 0. The van der Waals surface area contributed by atoms with Crippen LogP contribution in [0.25, 0.3) is 0 Å². The predicted octanol–water partition coefficient (Wildman–Crippen LogP) is 0.116. The predicted molar refractivity (Wildman–Crippen MR) is 56.2 cm³/mol. The van der Waals surface area contributed by atoms with E-state index in [0.717, 1.165) is 12.8 Å². The number of carbonyl (C=O) groups excluding carboxylic acids is 1. The highest BCUT2D eigenvalue weighted by molar-refractivity contribution is 9.10. The SMILES string of the molecule is CC(CO)(CO)N1CCCC(Br)C1=O. The summed E-state index contributed by atoms with van der Waals surface area (Å²) in [4.78, 5) is 13.1. The summed E-state index contributed by atoms with van der Waals surface area (Å²) in [6.45, 7) is 1.87. The van der Waals surface area contributed by atoms with Crippen LogP contribution in [0.3, 0.4) is 0 Å². The number of piperidine rings is 1. The summed E-state index contributed by atoms with van der Waals surface area (Å²) in [5.41, 5.74) is -0.830. The monoisotopic (exact) mass is 265 g/mol. The summed E-state index contributed by atoms with van der Waals surface area (Å²) < 4.78 is 0. The van der Waals surface area contributed by atoms with Gasteiger partial charge in [-0.25, -0.2) is 0 Å². The first-order chi connectivity index (χ1) is 6.55. The first-order valence-electron chi connectivity index (χ1n) is 4.72. The van der Waals surface area contributed by atoms with Gasteiger partial charge >= 0.3 is 0 Å². The number of halogens is 1. The molecule has 1 fully saturated rings. The number of nitrogens with zero attached hydrogens (tertiary/aromatic N) is 1. The van der Waals surface area contributed by atoms with Crippen molar-refractivity contribution in [3.05, 3.63) is 0 Å². The van der Waals surface area contributed by atoms with Crippen molar-refractivity contribution >= 4 is 21.8 Å². The summed E-state index contributed by atoms with van der Waals surface area (Å²) in [6.07, 6.45) is 1.72. The van der Waals surface area contributed by atoms with E-state index in [4.69, 9.17) is 0 Å². The molecule has 1 aliphatic heterocycles. The topological polar surface area (TPSA) is 60.8 Å². The molecule has 2 N–H and O–H groups in total. The minimum absolute atomic E-state index is 0.0400. The van der Waals surface area contributed by atoms with Gasteiger partial charge in [-0.1, -0.05) is 15.9 Å². The molecule has 82 valence electrons. The zero-order valence-corrected chi connectivity index (χ0v) is 9.83. The summed E-state index contributed by atoms with van der Waals surface area (Å²) in [5, 5.41) is 18.3. The largest absolute Gasteiger partial charge is 0.394 e. The summed E-state index contributed by atoms with van der Waals surface area (Å²) in [6, 6.07) is 0. The van der Waals surface area contributed by atoms with Crippen LogP contribution >= 0.6 is 15.9 Å². The Morgan fingerprint density at radius 1 is 1.57 bits per heavy atom. The van der Waals surface area contributed by atoms with Crippen molar-refractivity contribution in [1.82, 2.24) is 4.90 Å². The number of rotatable bonds is 3. The maximum absolute atomic E-state index is 11.7. The Kier molecular flexibility index (Phi) is 3.92. The van der Waals surface area contributed by atoms with Crippen LogP contribution in [0, 0.1) is 0 Å². The lowest BCUT2D eigenvalue weighted by Gasteiger charge is -2.42. The maximum atomic E-state index is 11.7. The molecular weight excluding hydrogens is 250 g/mol. The molecule has 0 aliphatic carbocycles. The van der Waals surface area contributed by atoms with Crippen molar-refractivity contribution in [2.75, 3.05) is 19.8 Å². The van der Waals surface area contributed by atoms with Gasteiger partial charge in [0.15, 0.2) is 0 Å². The smallest absolute Gasteiger partial charge is 0.236 e. The van der Waals surface area contributed by atoms with Crippen LogP contribution in [0.2, 0.25) is 0 Å². The van der Waals surface area contributed by atoms with E-state index in [1.165, 1.54) is 0 Å². The van der Waals surface area contributed by atoms with Crippen molar-refractivity contribution < 1.29 is 15.0 Å². The zero-order valence-electron chi connectivity index (χ0n) is 8.24. The number of amides is 1. The minimum atomic E-state index is -0.830. The third-order valence-electron chi connectivity index (χ3n) is 2.71. The molecule has 4 nitrogen and oxygen atoms in total. The third kappa shape index (κ3) is 2.10. The van der Waals surface area contributed by atoms with Crippen molar-refractivity contribution in [1.29, 1.82) is 0 Å². The highest BCUT2D eigenvalue weighted by Gasteiger charge is 2.38. The maximum Gasteiger partial charge on any atom is 0.236 e. The van der Waals surface area contributed by atoms with Crippen molar-refractivity contribution in [2.45, 2.75) is 30.1 Å². The molecule has 0 aromatic heterocycles. The standard InChI is InChI=1S/C9H16BrNO3/c1-9(5-12,6-13)11-4-2-3-7(10)8(11)14/h7,12-13H,2-6H2,1H3. The Morgan fingerprint density at radius 3 is 2.64 bits per heavy atom. The van der Waals surface area contributed by atoms with Gasteiger partial charge in [0.2, 0.25) is 5.91 Å². The lowest BCUT2D eigenvalue weighted by molar-refractivity contribution is -0.143. The Hall–Kier alpha value is -0.130. The molecule has 0 saturated carbocycles. The van der Waals surface area contributed by atoms with Gasteiger partial charge in [0.1, 0.15) is 0 Å². The Morgan fingerprint density at radius 2 is 2.14 bits per heavy atom. The molecule has 0 spiro atoms. The van der Waals surface area contributed by atoms with E-state index in [9.17, 15) is 15.0 Å². The molecule has 5 heteroatoms. The number of aliphatic hydroxyl groups is 2. The molecule has 1 saturated heterocycles. The quantitative estimate of drug-likeness (QED) is 0.713. The second-order valence-electron chi connectivity index (χ2n) is 3.91. The van der Waals surface area contributed by atoms with Crippen LogP contribution in [0.5, 0.6) is 0 Å². The van der Waals surface area contributed by atoms with Gasteiger partial charge in [0, 0.05) is 6.54 Å². The van der Waals surface area contributed by atoms with Crippen molar-refractivity contribution in [3.8, 4) is 0 Å². The normalized spacial score (nSPS) is 24.1. The molecule has 0 radical (unpaired) electrons. The summed E-state index contributed by atoms with van der Waals surface area (Å²) >= 11 is 3.29. The van der Waals surface area contributed by atoms with Gasteiger partial charge < -0.3 is 15.1 Å². The summed E-state index contributed by atoms with van der Waals surface area (Å²) in [5.74, 6) is -0.0400. The van der Waals surface area contributed by atoms with Crippen LogP contribution in [-0.4, -0.2) is 51.1 Å². The molecular formula is C9H16BrNO3. The number of hydrogen-bond donors (Lipinski definition) is 2. The van der Waals surface area contributed by atoms with Crippen molar-refractivity contribution in [3.63, 3.8) is 0 Å². The average molecular weight is 266 g/mol. The van der Waals surface area contributed by atoms with E-state index in [-0.39, 0.29) is 23.9 Å². The fourth-order valence-corrected chi connectivity index (χ4v) is 2.16. The number of alkyl halides is 1. The van der Waals surface area contributed by atoms with Gasteiger partial charge in [-0.05, 0) is 19.8 Å². The molecule has 1 aliphatic rings. The van der Waals surface area contributed by atoms with E-state index >= 15 is 0 Å². The van der Waals surface area contributed by atoms with Crippen molar-refractivity contribution in [2.24, 2.45) is 0 Å². The van der Waals surface area contributed by atoms with E-state index in [1.807, 2.05) is 0 Å². The Balaban J connectivity index is 2.79. The van der Waals surface area contributed by atoms with Gasteiger partial charge in [-0.3, -0.25) is 4.79 Å². The van der Waals surface area contributed by atoms with E-state index in [1.54, 1.807) is 11.8 Å². The van der Waals surface area contributed by atoms with Crippen LogP contribution in [0.15, 0.2) is 0 Å². The molecule has 0 bridgehead atoms. The Bertz CT molecular complexity index is 218. The van der Waals surface area contributed by atoms with Crippen LogP contribution in [-0.2, 0) is 4.79 Å². The highest BCUT2D eigenvalue weighted by atomic mass is 79.9. The Labute approximate surface area is 92.0 Å². The molecule has 1 atom stereocenters. The zero-order chi connectivity index (χ0) is 10.8. The van der Waals surface area contributed by atoms with E-state index in [2.05, 4.69) is 15.9 Å². The molecule has 1 unspecified atom stereocenters. The number of likely N-dealkylation sites (tertiary alicyclic amines) is 1. The van der Waals surface area contributed by atoms with E-state index in [0.29, 0.717) is 6.54 Å². The van der Waals surface area contributed by atoms with Crippen LogP contribution in [0.4, 0.5) is 0 Å². The van der Waals surface area contributed by atoms with Gasteiger partial charge in [-0.15, -0.1) is 0 Å². The van der Waals surface area contributed by atoms with Crippen LogP contribution < -0.4 is 0 Å². The second kappa shape index (κ2) is 4.59. The molecule has 1 amide bonds. The van der Waals surface area contributed by atoms with Crippen LogP contribution in [0.1, 0.15) is 19.8 Å². The van der Waals surface area contributed by atoms with Gasteiger partial charge in [-0.2, -0.15) is 0 Å². The highest BCUT2D eigenvalue weighted by Crippen LogP contribution is 2.25. The first kappa shape index (κ1) is 11.9. The fraction of sp³-hybridized carbons (Fsp3) is 0.889. The second-order valence-corrected chi connectivity index (χ2v) is 5.02. The number of hydrogen-bond acceptors (Lipinski definition) is 3. The first-order valence-corrected chi connectivity index (χ1v) is 5.64. The number of aliphatic hydroxyl groups excluding tert-OH is 2. The van der Waals surface area contributed by atoms with Gasteiger partial charge in [0.05, 0.1) is 23.6 Å². The molecule has 0 aromatic rings. The average Bonchev–Trinajstić information content (AvgIpc) is 2.21. The molecule has 1 rings (SSSR count). The molecule has 0 aromatic carbocycles. The molecule has 1 heterocycles. The minimum Gasteiger partial charge on any atom is -0.394 e. The number of carbonyl (C=O) groups is 1. The lowest BCUT2D eigenvalue weighted by atomic mass is 9.98. The van der Waals surface area contributed by atoms with Gasteiger partial charge in [0.25, 0.3) is 0 Å².